The van der Waals surface area contributed by atoms with Crippen LogP contribution in [0.25, 0.3) is 11.3 Å². The summed E-state index contributed by atoms with van der Waals surface area (Å²) in [4.78, 5) is 2.35. The molecular formula is C17H21FN4O. The summed E-state index contributed by atoms with van der Waals surface area (Å²) < 4.78 is 19.2. The van der Waals surface area contributed by atoms with E-state index in [0.717, 1.165) is 50.8 Å². The first-order valence-electron chi connectivity index (χ1n) is 7.87. The van der Waals surface area contributed by atoms with Gasteiger partial charge in [-0.15, -0.1) is 10.2 Å². The molecule has 1 aromatic heterocycles. The molecule has 0 aliphatic carbocycles. The first-order valence-corrected chi connectivity index (χ1v) is 7.87. The molecule has 3 rings (SSSR count). The largest absolute Gasteiger partial charge is 0.379 e. The van der Waals surface area contributed by atoms with Gasteiger partial charge in [-0.1, -0.05) is 12.1 Å². The van der Waals surface area contributed by atoms with E-state index >= 15 is 0 Å². The maximum atomic E-state index is 13.8. The molecule has 0 amide bonds. The second-order valence-electron chi connectivity index (χ2n) is 5.62. The number of halogens is 1. The lowest BCUT2D eigenvalue weighted by Gasteiger charge is -2.26. The van der Waals surface area contributed by atoms with Crippen LogP contribution in [0.5, 0.6) is 0 Å². The van der Waals surface area contributed by atoms with Crippen LogP contribution in [-0.2, 0) is 4.74 Å². The fourth-order valence-electron chi connectivity index (χ4n) is 2.62. The van der Waals surface area contributed by atoms with Crippen LogP contribution < -0.4 is 5.32 Å². The first-order chi connectivity index (χ1) is 11.2. The Balaban J connectivity index is 1.62. The zero-order chi connectivity index (χ0) is 16.1. The number of benzene rings is 1. The van der Waals surface area contributed by atoms with Crippen molar-refractivity contribution in [3.05, 3.63) is 41.7 Å². The topological polar surface area (TPSA) is 50.3 Å². The molecule has 0 atom stereocenters. The standard InChI is InChI=1S/C17H21FN4O/c1-13-12-16(14-4-2-3-5-15(14)18)20-21-17(13)19-6-7-22-8-10-23-11-9-22/h2-5,12H,6-11H2,1H3,(H,19,21). The first kappa shape index (κ1) is 15.8. The van der Waals surface area contributed by atoms with E-state index in [-0.39, 0.29) is 5.82 Å². The van der Waals surface area contributed by atoms with Gasteiger partial charge in [0.2, 0.25) is 0 Å². The van der Waals surface area contributed by atoms with Gasteiger partial charge < -0.3 is 10.1 Å². The Bertz CT molecular complexity index is 659. The fourth-order valence-corrected chi connectivity index (χ4v) is 2.62. The van der Waals surface area contributed by atoms with Crippen LogP contribution in [0.3, 0.4) is 0 Å². The van der Waals surface area contributed by atoms with Gasteiger partial charge in [0.25, 0.3) is 0 Å². The third kappa shape index (κ3) is 4.03. The number of morpholine rings is 1. The van der Waals surface area contributed by atoms with Crippen molar-refractivity contribution in [1.82, 2.24) is 15.1 Å². The molecule has 1 aliphatic rings. The number of hydrogen-bond acceptors (Lipinski definition) is 5. The molecule has 0 bridgehead atoms. The van der Waals surface area contributed by atoms with E-state index in [4.69, 9.17) is 4.74 Å². The lowest BCUT2D eigenvalue weighted by Crippen LogP contribution is -2.39. The number of anilines is 1. The SMILES string of the molecule is Cc1cc(-c2ccccc2F)nnc1NCCN1CCOCC1. The lowest BCUT2D eigenvalue weighted by atomic mass is 10.1. The highest BCUT2D eigenvalue weighted by molar-refractivity contribution is 5.62. The third-order valence-corrected chi connectivity index (χ3v) is 3.96. The normalized spacial score (nSPS) is 15.6. The molecule has 1 saturated heterocycles. The van der Waals surface area contributed by atoms with Gasteiger partial charge in [0.15, 0.2) is 5.82 Å². The smallest absolute Gasteiger partial charge is 0.151 e. The number of aromatic nitrogens is 2. The molecule has 0 unspecified atom stereocenters. The van der Waals surface area contributed by atoms with E-state index in [9.17, 15) is 4.39 Å². The summed E-state index contributed by atoms with van der Waals surface area (Å²) >= 11 is 0. The summed E-state index contributed by atoms with van der Waals surface area (Å²) in [6.45, 7) is 7.24. The van der Waals surface area contributed by atoms with Crippen LogP contribution >= 0.6 is 0 Å². The zero-order valence-electron chi connectivity index (χ0n) is 13.3. The van der Waals surface area contributed by atoms with Crippen LogP contribution in [0.2, 0.25) is 0 Å². The van der Waals surface area contributed by atoms with Crippen molar-refractivity contribution in [3.63, 3.8) is 0 Å². The van der Waals surface area contributed by atoms with E-state index in [2.05, 4.69) is 20.4 Å². The fraction of sp³-hybridized carbons (Fsp3) is 0.412. The maximum absolute atomic E-state index is 13.8. The highest BCUT2D eigenvalue weighted by Crippen LogP contribution is 2.22. The summed E-state index contributed by atoms with van der Waals surface area (Å²) in [5.74, 6) is 0.465. The highest BCUT2D eigenvalue weighted by atomic mass is 19.1. The molecule has 2 aromatic rings. The minimum Gasteiger partial charge on any atom is -0.379 e. The van der Waals surface area contributed by atoms with Crippen molar-refractivity contribution < 1.29 is 9.13 Å². The molecule has 0 spiro atoms. The number of nitrogens with zero attached hydrogens (tertiary/aromatic N) is 3. The molecule has 1 N–H and O–H groups in total. The Morgan fingerprint density at radius 3 is 2.74 bits per heavy atom. The Morgan fingerprint density at radius 2 is 2.00 bits per heavy atom. The van der Waals surface area contributed by atoms with Gasteiger partial charge in [-0.25, -0.2) is 4.39 Å². The quantitative estimate of drug-likeness (QED) is 0.917. The van der Waals surface area contributed by atoms with Gasteiger partial charge >= 0.3 is 0 Å². The summed E-state index contributed by atoms with van der Waals surface area (Å²) in [5, 5.41) is 11.7. The minimum atomic E-state index is -0.283. The van der Waals surface area contributed by atoms with Gasteiger partial charge in [0.1, 0.15) is 5.82 Å². The molecule has 23 heavy (non-hydrogen) atoms. The van der Waals surface area contributed by atoms with Crippen molar-refractivity contribution in [3.8, 4) is 11.3 Å². The van der Waals surface area contributed by atoms with Gasteiger partial charge in [0, 0.05) is 31.7 Å². The lowest BCUT2D eigenvalue weighted by molar-refractivity contribution is 0.0398. The minimum absolute atomic E-state index is 0.283. The van der Waals surface area contributed by atoms with E-state index in [1.54, 1.807) is 18.2 Å². The molecule has 0 radical (unpaired) electrons. The van der Waals surface area contributed by atoms with Crippen molar-refractivity contribution in [1.29, 1.82) is 0 Å². The number of nitrogens with one attached hydrogen (secondary N) is 1. The Morgan fingerprint density at radius 1 is 1.22 bits per heavy atom. The molecule has 2 heterocycles. The van der Waals surface area contributed by atoms with Crippen LogP contribution in [-0.4, -0.2) is 54.5 Å². The van der Waals surface area contributed by atoms with E-state index in [1.165, 1.54) is 6.07 Å². The summed E-state index contributed by atoms with van der Waals surface area (Å²) in [7, 11) is 0. The monoisotopic (exact) mass is 316 g/mol. The molecule has 5 nitrogen and oxygen atoms in total. The predicted molar refractivity (Wildman–Crippen MR) is 87.9 cm³/mol. The van der Waals surface area contributed by atoms with Crippen LogP contribution in [0, 0.1) is 12.7 Å². The van der Waals surface area contributed by atoms with Gasteiger partial charge in [-0.3, -0.25) is 4.90 Å². The maximum Gasteiger partial charge on any atom is 0.151 e. The zero-order valence-corrected chi connectivity index (χ0v) is 13.3. The van der Waals surface area contributed by atoms with Crippen molar-refractivity contribution in [2.24, 2.45) is 0 Å². The number of ether oxygens (including phenoxy) is 1. The van der Waals surface area contributed by atoms with Gasteiger partial charge in [-0.05, 0) is 30.7 Å². The number of rotatable bonds is 5. The Kier molecular flexibility index (Phi) is 5.15. The van der Waals surface area contributed by atoms with Crippen LogP contribution in [0.1, 0.15) is 5.56 Å². The molecular weight excluding hydrogens is 295 g/mol. The average Bonchev–Trinajstić information content (AvgIpc) is 2.58. The van der Waals surface area contributed by atoms with Crippen molar-refractivity contribution >= 4 is 5.82 Å². The molecule has 122 valence electrons. The van der Waals surface area contributed by atoms with Crippen LogP contribution in [0.15, 0.2) is 30.3 Å². The van der Waals surface area contributed by atoms with E-state index in [1.807, 2.05) is 13.0 Å². The Labute approximate surface area is 135 Å². The number of aryl methyl sites for hydroxylation is 1. The summed E-state index contributed by atoms with van der Waals surface area (Å²) in [6, 6.07) is 8.47. The van der Waals surface area contributed by atoms with E-state index in [0.29, 0.717) is 11.3 Å². The highest BCUT2D eigenvalue weighted by Gasteiger charge is 2.11. The molecule has 0 saturated carbocycles. The number of hydrogen-bond donors (Lipinski definition) is 1. The predicted octanol–water partition coefficient (Wildman–Crippen LogP) is 2.34. The van der Waals surface area contributed by atoms with Crippen molar-refractivity contribution in [2.45, 2.75) is 6.92 Å². The molecule has 1 aromatic carbocycles. The van der Waals surface area contributed by atoms with Crippen LogP contribution in [0.4, 0.5) is 10.2 Å². The van der Waals surface area contributed by atoms with Crippen molar-refractivity contribution in [2.75, 3.05) is 44.7 Å². The second kappa shape index (κ2) is 7.48. The molecule has 1 aliphatic heterocycles. The van der Waals surface area contributed by atoms with E-state index < -0.39 is 0 Å². The summed E-state index contributed by atoms with van der Waals surface area (Å²) in [5.41, 5.74) is 1.99. The van der Waals surface area contributed by atoms with Gasteiger partial charge in [-0.2, -0.15) is 0 Å². The second-order valence-corrected chi connectivity index (χ2v) is 5.62. The average molecular weight is 316 g/mol. The third-order valence-electron chi connectivity index (χ3n) is 3.96. The van der Waals surface area contributed by atoms with Gasteiger partial charge in [0.05, 0.1) is 18.9 Å². The molecule has 6 heteroatoms. The molecule has 1 fully saturated rings. The Hall–Kier alpha value is -2.05. The summed E-state index contributed by atoms with van der Waals surface area (Å²) in [6.07, 6.45) is 0.